The van der Waals surface area contributed by atoms with Crippen LogP contribution < -0.4 is 11.1 Å². The number of carboxylic acids is 1. The van der Waals surface area contributed by atoms with E-state index in [0.29, 0.717) is 32.2 Å². The highest BCUT2D eigenvalue weighted by Gasteiger charge is 2.19. The fourth-order valence-corrected chi connectivity index (χ4v) is 7.52. The number of carbonyl (C=O) groups is 3. The fraction of sp³-hybridized carbons (Fsp3) is 0.792. The molecule has 0 aromatic heterocycles. The van der Waals surface area contributed by atoms with Gasteiger partial charge in [-0.3, -0.25) is 9.59 Å². The van der Waals surface area contributed by atoms with E-state index in [2.05, 4.69) is 67.8 Å². The predicted octanol–water partition coefficient (Wildman–Crippen LogP) is 15.1. The Balaban J connectivity index is 4.20. The summed E-state index contributed by atoms with van der Waals surface area (Å²) in [5.74, 6) is -1.26. The van der Waals surface area contributed by atoms with Crippen LogP contribution in [0.2, 0.25) is 0 Å². The summed E-state index contributed by atoms with van der Waals surface area (Å²) in [7, 11) is 0. The zero-order valence-corrected chi connectivity index (χ0v) is 39.3. The number of nitrogens with one attached hydrogen (secondary N) is 1. The van der Waals surface area contributed by atoms with Gasteiger partial charge in [0.25, 0.3) is 0 Å². The molecule has 0 saturated heterocycles. The second kappa shape index (κ2) is 47.4. The van der Waals surface area contributed by atoms with Crippen molar-refractivity contribution in [2.75, 3.05) is 6.54 Å². The Morgan fingerprint density at radius 3 is 1.38 bits per heavy atom. The first-order valence-corrected chi connectivity index (χ1v) is 25.5. The fourth-order valence-electron chi connectivity index (χ4n) is 7.52. The van der Waals surface area contributed by atoms with Crippen molar-refractivity contribution in [3.05, 3.63) is 48.6 Å². The van der Waals surface area contributed by atoms with E-state index in [1.54, 1.807) is 0 Å². The Hall–Kier alpha value is -2.67. The molecule has 1 amide bonds. The molecule has 7 heteroatoms. The number of amides is 1. The lowest BCUT2D eigenvalue weighted by molar-refractivity contribution is -0.150. The standard InChI is InChI=1S/C53H96N2O5/c1-3-5-7-9-11-13-15-16-17-18-19-20-21-22-23-24-25-26-28-30-32-37-41-47-52(57)60-49(43-38-34-31-29-27-14-12-10-8-6-4-2)44-39-35-33-36-40-46-51(56)55-50(53(58)59)45-42-48-54/h12,14-16,18-19,29,31,49-50H,3-11,13,17,20-28,30,32-48,54H2,1-2H3,(H,55,56)(H,58,59)/b14-12-,16-15-,19-18-,31-29-. The molecule has 60 heavy (non-hydrogen) atoms. The Morgan fingerprint density at radius 1 is 0.483 bits per heavy atom. The second-order valence-electron chi connectivity index (χ2n) is 17.2. The van der Waals surface area contributed by atoms with E-state index in [0.717, 1.165) is 83.5 Å². The number of esters is 1. The number of rotatable bonds is 46. The van der Waals surface area contributed by atoms with Crippen molar-refractivity contribution in [3.8, 4) is 0 Å². The van der Waals surface area contributed by atoms with E-state index in [1.807, 2.05) is 0 Å². The van der Waals surface area contributed by atoms with Gasteiger partial charge in [-0.25, -0.2) is 4.79 Å². The molecule has 4 N–H and O–H groups in total. The summed E-state index contributed by atoms with van der Waals surface area (Å²) in [4.78, 5) is 36.5. The molecule has 0 rings (SSSR count). The highest BCUT2D eigenvalue weighted by Crippen LogP contribution is 2.18. The number of carbonyl (C=O) groups excluding carboxylic acids is 2. The number of hydrogen-bond donors (Lipinski definition) is 3. The third kappa shape index (κ3) is 43.4. The topological polar surface area (TPSA) is 119 Å². The van der Waals surface area contributed by atoms with Gasteiger partial charge in [0.1, 0.15) is 12.1 Å². The summed E-state index contributed by atoms with van der Waals surface area (Å²) < 4.78 is 6.05. The number of nitrogens with two attached hydrogens (primary N) is 1. The maximum Gasteiger partial charge on any atom is 0.326 e. The van der Waals surface area contributed by atoms with E-state index >= 15 is 0 Å². The molecule has 0 bridgehead atoms. The molecule has 0 spiro atoms. The predicted molar refractivity (Wildman–Crippen MR) is 257 cm³/mol. The van der Waals surface area contributed by atoms with Crippen LogP contribution in [0.5, 0.6) is 0 Å². The first-order chi connectivity index (χ1) is 29.4. The van der Waals surface area contributed by atoms with Crippen molar-refractivity contribution in [1.29, 1.82) is 0 Å². The molecule has 0 aliphatic heterocycles. The van der Waals surface area contributed by atoms with Crippen molar-refractivity contribution in [2.45, 2.75) is 264 Å². The van der Waals surface area contributed by atoms with Gasteiger partial charge in [-0.15, -0.1) is 0 Å². The normalized spacial score (nSPS) is 13.0. The molecule has 348 valence electrons. The molecule has 0 aliphatic rings. The summed E-state index contributed by atoms with van der Waals surface area (Å²) in [6.45, 7) is 4.92. The van der Waals surface area contributed by atoms with Crippen LogP contribution in [0.15, 0.2) is 48.6 Å². The average Bonchev–Trinajstić information content (AvgIpc) is 3.23. The van der Waals surface area contributed by atoms with E-state index in [4.69, 9.17) is 10.5 Å². The molecular weight excluding hydrogens is 745 g/mol. The summed E-state index contributed by atoms with van der Waals surface area (Å²) in [6.07, 6.45) is 58.9. The first kappa shape index (κ1) is 57.3. The van der Waals surface area contributed by atoms with Gasteiger partial charge in [-0.1, -0.05) is 178 Å². The largest absolute Gasteiger partial charge is 0.480 e. The summed E-state index contributed by atoms with van der Waals surface area (Å²) in [6, 6.07) is -0.862. The van der Waals surface area contributed by atoms with Crippen molar-refractivity contribution >= 4 is 17.8 Å². The van der Waals surface area contributed by atoms with Crippen LogP contribution in [0.1, 0.15) is 251 Å². The van der Waals surface area contributed by atoms with Crippen molar-refractivity contribution < 1.29 is 24.2 Å². The summed E-state index contributed by atoms with van der Waals surface area (Å²) >= 11 is 0. The average molecular weight is 841 g/mol. The first-order valence-electron chi connectivity index (χ1n) is 25.5. The van der Waals surface area contributed by atoms with E-state index in [-0.39, 0.29) is 18.0 Å². The smallest absolute Gasteiger partial charge is 0.326 e. The van der Waals surface area contributed by atoms with Crippen LogP contribution in [0.25, 0.3) is 0 Å². The maximum absolute atomic E-state index is 12.9. The van der Waals surface area contributed by atoms with Crippen LogP contribution in [0.4, 0.5) is 0 Å². The van der Waals surface area contributed by atoms with Crippen molar-refractivity contribution in [1.82, 2.24) is 5.32 Å². The quantitative estimate of drug-likeness (QED) is 0.0319. The molecule has 0 radical (unpaired) electrons. The minimum Gasteiger partial charge on any atom is -0.480 e. The lowest BCUT2D eigenvalue weighted by atomic mass is 10.0. The molecule has 0 saturated carbocycles. The van der Waals surface area contributed by atoms with Crippen LogP contribution in [0, 0.1) is 0 Å². The van der Waals surface area contributed by atoms with Gasteiger partial charge in [0.2, 0.25) is 5.91 Å². The lowest BCUT2D eigenvalue weighted by Gasteiger charge is -2.18. The summed E-state index contributed by atoms with van der Waals surface area (Å²) in [5.41, 5.74) is 5.49. The van der Waals surface area contributed by atoms with Gasteiger partial charge in [-0.2, -0.15) is 0 Å². The highest BCUT2D eigenvalue weighted by molar-refractivity contribution is 5.83. The van der Waals surface area contributed by atoms with Crippen molar-refractivity contribution in [3.63, 3.8) is 0 Å². The molecule has 0 aliphatic carbocycles. The Labute approximate surface area is 370 Å². The lowest BCUT2D eigenvalue weighted by Crippen LogP contribution is -2.40. The minimum atomic E-state index is -1.01. The molecule has 2 unspecified atom stereocenters. The number of hydrogen-bond acceptors (Lipinski definition) is 5. The molecular formula is C53H96N2O5. The highest BCUT2D eigenvalue weighted by atomic mass is 16.5. The molecule has 2 atom stereocenters. The van der Waals surface area contributed by atoms with Crippen LogP contribution in [0.3, 0.4) is 0 Å². The minimum absolute atomic E-state index is 0.0324. The Morgan fingerprint density at radius 2 is 0.883 bits per heavy atom. The van der Waals surface area contributed by atoms with Crippen LogP contribution >= 0.6 is 0 Å². The number of aliphatic carboxylic acids is 1. The monoisotopic (exact) mass is 841 g/mol. The number of carboxylic acid groups (broad SMARTS) is 1. The number of allylic oxidation sites excluding steroid dienone is 8. The summed E-state index contributed by atoms with van der Waals surface area (Å²) in [5, 5.41) is 12.0. The van der Waals surface area contributed by atoms with Crippen LogP contribution in [-0.4, -0.2) is 41.6 Å². The molecule has 0 aromatic rings. The van der Waals surface area contributed by atoms with Gasteiger partial charge in [0.05, 0.1) is 0 Å². The zero-order chi connectivity index (χ0) is 43.8. The second-order valence-corrected chi connectivity index (χ2v) is 17.2. The Kier molecular flexibility index (Phi) is 45.3. The number of unbranched alkanes of at least 4 members (excludes halogenated alkanes) is 24. The van der Waals surface area contributed by atoms with Gasteiger partial charge in [-0.05, 0) is 116 Å². The SMILES string of the molecule is CCCCC/C=C\C/C=C\CCCC(CCCCCCCC(=O)NC(CCCN)C(=O)O)OC(=O)CCCCCCCCCCCCC/C=C\C/C=C\CCCCCCC. The molecule has 7 nitrogen and oxygen atoms in total. The molecule has 0 aromatic carbocycles. The van der Waals surface area contributed by atoms with Gasteiger partial charge < -0.3 is 20.9 Å². The van der Waals surface area contributed by atoms with Gasteiger partial charge in [0.15, 0.2) is 0 Å². The molecule has 0 heterocycles. The van der Waals surface area contributed by atoms with E-state index in [9.17, 15) is 19.5 Å². The maximum atomic E-state index is 12.9. The zero-order valence-electron chi connectivity index (χ0n) is 39.3. The van der Waals surface area contributed by atoms with Crippen molar-refractivity contribution in [2.24, 2.45) is 5.73 Å². The van der Waals surface area contributed by atoms with E-state index in [1.165, 1.54) is 128 Å². The van der Waals surface area contributed by atoms with Gasteiger partial charge in [0, 0.05) is 12.8 Å². The van der Waals surface area contributed by atoms with E-state index < -0.39 is 12.0 Å². The Bertz CT molecular complexity index is 1080. The third-order valence-electron chi connectivity index (χ3n) is 11.4. The number of ether oxygens (including phenoxy) is 1. The molecule has 0 fully saturated rings. The van der Waals surface area contributed by atoms with Gasteiger partial charge >= 0.3 is 11.9 Å². The third-order valence-corrected chi connectivity index (χ3v) is 11.4. The van der Waals surface area contributed by atoms with Crippen LogP contribution in [-0.2, 0) is 19.1 Å².